The molecule has 1 heterocycles. The molecule has 1 fully saturated rings. The Morgan fingerprint density at radius 3 is 2.90 bits per heavy atom. The van der Waals surface area contributed by atoms with E-state index >= 15 is 0 Å². The van der Waals surface area contributed by atoms with Gasteiger partial charge in [-0.3, -0.25) is 4.79 Å². The van der Waals surface area contributed by atoms with Crippen molar-refractivity contribution in [2.45, 2.75) is 77.6 Å². The lowest BCUT2D eigenvalue weighted by atomic mass is 9.86. The number of carbonyl (C=O) groups is 1. The average molecular weight is 434 g/mol. The van der Waals surface area contributed by atoms with Crippen molar-refractivity contribution >= 4 is 28.9 Å². The molecule has 0 spiro atoms. The monoisotopic (exact) mass is 433 g/mol. The van der Waals surface area contributed by atoms with Crippen molar-refractivity contribution in [1.82, 2.24) is 0 Å². The third kappa shape index (κ3) is 6.51. The van der Waals surface area contributed by atoms with Crippen molar-refractivity contribution in [2.75, 3.05) is 5.32 Å². The molecule has 164 valence electrons. The first-order valence-electron chi connectivity index (χ1n) is 12.1. The molecule has 1 atom stereocenters. The Morgan fingerprint density at radius 2 is 2.06 bits per heavy atom. The molecule has 3 heteroatoms. The quantitative estimate of drug-likeness (QED) is 0.458. The van der Waals surface area contributed by atoms with E-state index in [1.165, 1.54) is 67.4 Å². The molecule has 0 aromatic heterocycles. The van der Waals surface area contributed by atoms with Gasteiger partial charge in [-0.25, -0.2) is 0 Å². The zero-order valence-corrected chi connectivity index (χ0v) is 19.6. The predicted octanol–water partition coefficient (Wildman–Crippen LogP) is 8.25. The van der Waals surface area contributed by atoms with Gasteiger partial charge in [-0.1, -0.05) is 74.6 Å². The van der Waals surface area contributed by atoms with E-state index in [-0.39, 0.29) is 5.91 Å². The molecule has 0 radical (unpaired) electrons. The molecule has 1 unspecified atom stereocenters. The lowest BCUT2D eigenvalue weighted by Gasteiger charge is -2.26. The van der Waals surface area contributed by atoms with Gasteiger partial charge in [0.2, 0.25) is 5.91 Å². The summed E-state index contributed by atoms with van der Waals surface area (Å²) in [4.78, 5) is 14.4. The number of fused-ring (bicyclic) bond motifs is 1. The number of hydrogen-bond acceptors (Lipinski definition) is 2. The number of nitrogens with one attached hydrogen (secondary N) is 1. The van der Waals surface area contributed by atoms with Crippen molar-refractivity contribution in [2.24, 2.45) is 11.8 Å². The molecule has 3 aliphatic rings. The highest BCUT2D eigenvalue weighted by atomic mass is 32.2. The molecule has 1 aliphatic heterocycles. The lowest BCUT2D eigenvalue weighted by molar-refractivity contribution is -0.114. The fourth-order valence-corrected chi connectivity index (χ4v) is 6.33. The van der Waals surface area contributed by atoms with Gasteiger partial charge in [0.05, 0.1) is 0 Å². The highest BCUT2D eigenvalue weighted by Gasteiger charge is 2.22. The maximum atomic E-state index is 11.4. The molecular formula is C28H35NOS. The first kappa shape index (κ1) is 22.2. The normalized spacial score (nSPS) is 21.8. The smallest absolute Gasteiger partial charge is 0.221 e. The Labute approximate surface area is 192 Å². The summed E-state index contributed by atoms with van der Waals surface area (Å²) < 4.78 is 0. The predicted molar refractivity (Wildman–Crippen MR) is 134 cm³/mol. The van der Waals surface area contributed by atoms with Crippen LogP contribution in [0, 0.1) is 11.8 Å². The summed E-state index contributed by atoms with van der Waals surface area (Å²) >= 11 is 1.99. The molecule has 1 aromatic rings. The Hall–Kier alpha value is -1.96. The van der Waals surface area contributed by atoms with E-state index in [9.17, 15) is 4.79 Å². The van der Waals surface area contributed by atoms with E-state index in [1.54, 1.807) is 11.8 Å². The number of hydrogen-bond donors (Lipinski definition) is 1. The van der Waals surface area contributed by atoms with Crippen LogP contribution >= 0.6 is 11.8 Å². The number of carbonyl (C=O) groups excluding carboxylic acids is 1. The van der Waals surface area contributed by atoms with Crippen LogP contribution < -0.4 is 5.32 Å². The SMILES string of the molecule is CC(=O)Nc1cccc(C2=CC=C=C3SC(CCCC4CCCCC4)=CCC3CC2)c1. The summed E-state index contributed by atoms with van der Waals surface area (Å²) in [5, 5.41) is 2.89. The fourth-order valence-electron chi connectivity index (χ4n) is 5.12. The number of rotatable bonds is 6. The van der Waals surface area contributed by atoms with Gasteiger partial charge in [-0.2, -0.15) is 0 Å². The molecule has 4 rings (SSSR count). The minimum Gasteiger partial charge on any atom is -0.326 e. The zero-order valence-electron chi connectivity index (χ0n) is 18.8. The van der Waals surface area contributed by atoms with Crippen molar-refractivity contribution < 1.29 is 4.79 Å². The van der Waals surface area contributed by atoms with Gasteiger partial charge < -0.3 is 5.32 Å². The Kier molecular flexibility index (Phi) is 7.94. The van der Waals surface area contributed by atoms with Crippen LogP contribution in [0.4, 0.5) is 5.69 Å². The topological polar surface area (TPSA) is 29.1 Å². The van der Waals surface area contributed by atoms with Crippen LogP contribution in [0.3, 0.4) is 0 Å². The zero-order chi connectivity index (χ0) is 21.5. The summed E-state index contributed by atoms with van der Waals surface area (Å²) in [6.45, 7) is 1.55. The molecule has 0 saturated heterocycles. The van der Waals surface area contributed by atoms with Gasteiger partial charge in [0.15, 0.2) is 0 Å². The molecular weight excluding hydrogens is 398 g/mol. The van der Waals surface area contributed by atoms with Gasteiger partial charge in [0.25, 0.3) is 0 Å². The molecule has 2 aliphatic carbocycles. The number of amides is 1. The second-order valence-electron chi connectivity index (χ2n) is 9.27. The number of benzene rings is 1. The average Bonchev–Trinajstić information content (AvgIpc) is 2.75. The van der Waals surface area contributed by atoms with Crippen LogP contribution in [-0.2, 0) is 4.79 Å². The van der Waals surface area contributed by atoms with Gasteiger partial charge >= 0.3 is 0 Å². The largest absolute Gasteiger partial charge is 0.326 e. The van der Waals surface area contributed by atoms with E-state index < -0.39 is 0 Å². The summed E-state index contributed by atoms with van der Waals surface area (Å²) in [7, 11) is 0. The standard InChI is InChI=1S/C28H35NOS/c1-21(30)29-26-13-6-12-25(20-26)23-11-7-15-28-24(17-16-23)18-19-27(31-28)14-5-10-22-8-3-2-4-9-22/h6-7,11-13,19-20,22,24H,2-5,8-10,14,16-18H2,1H3,(H,29,30). The number of thioether (sulfide) groups is 1. The summed E-state index contributed by atoms with van der Waals surface area (Å²) in [5.41, 5.74) is 6.99. The second kappa shape index (κ2) is 11.1. The van der Waals surface area contributed by atoms with E-state index in [4.69, 9.17) is 0 Å². The van der Waals surface area contributed by atoms with E-state index in [2.05, 4.69) is 41.4 Å². The number of allylic oxidation sites excluding steroid dienone is 5. The molecule has 2 nitrogen and oxygen atoms in total. The van der Waals surface area contributed by atoms with Crippen molar-refractivity contribution in [3.8, 4) is 0 Å². The summed E-state index contributed by atoms with van der Waals surface area (Å²) in [6, 6.07) is 8.18. The highest BCUT2D eigenvalue weighted by molar-refractivity contribution is 8.06. The first-order valence-corrected chi connectivity index (χ1v) is 12.9. The third-order valence-corrected chi connectivity index (χ3v) is 8.13. The van der Waals surface area contributed by atoms with Gasteiger partial charge in [-0.05, 0) is 72.3 Å². The van der Waals surface area contributed by atoms with Crippen molar-refractivity contribution in [3.63, 3.8) is 0 Å². The van der Waals surface area contributed by atoms with Crippen LogP contribution in [0.5, 0.6) is 0 Å². The molecule has 0 bridgehead atoms. The highest BCUT2D eigenvalue weighted by Crippen LogP contribution is 2.43. The van der Waals surface area contributed by atoms with Gasteiger partial charge in [-0.15, -0.1) is 5.73 Å². The molecule has 1 aromatic carbocycles. The van der Waals surface area contributed by atoms with Crippen molar-refractivity contribution in [3.05, 3.63) is 63.6 Å². The lowest BCUT2D eigenvalue weighted by Crippen LogP contribution is -2.08. The Bertz CT molecular complexity index is 913. The van der Waals surface area contributed by atoms with Crippen LogP contribution in [0.1, 0.15) is 83.1 Å². The minimum atomic E-state index is -0.0307. The van der Waals surface area contributed by atoms with Crippen molar-refractivity contribution in [1.29, 1.82) is 0 Å². The Morgan fingerprint density at radius 1 is 1.19 bits per heavy atom. The maximum Gasteiger partial charge on any atom is 0.221 e. The molecule has 1 amide bonds. The Balaban J connectivity index is 1.37. The first-order chi connectivity index (χ1) is 15.2. The van der Waals surface area contributed by atoms with Crippen LogP contribution in [0.25, 0.3) is 5.57 Å². The second-order valence-corrected chi connectivity index (χ2v) is 10.4. The van der Waals surface area contributed by atoms with Crippen LogP contribution in [-0.4, -0.2) is 5.91 Å². The third-order valence-electron chi connectivity index (χ3n) is 6.83. The summed E-state index contributed by atoms with van der Waals surface area (Å²) in [6.07, 6.45) is 21.5. The van der Waals surface area contributed by atoms with E-state index in [0.717, 1.165) is 30.9 Å². The van der Waals surface area contributed by atoms with E-state index in [0.29, 0.717) is 5.92 Å². The van der Waals surface area contributed by atoms with Gasteiger partial charge in [0.1, 0.15) is 0 Å². The minimum absolute atomic E-state index is 0.0307. The van der Waals surface area contributed by atoms with Crippen LogP contribution in [0.15, 0.2) is 58.0 Å². The molecule has 31 heavy (non-hydrogen) atoms. The molecule has 1 N–H and O–H groups in total. The molecule has 1 saturated carbocycles. The maximum absolute atomic E-state index is 11.4. The van der Waals surface area contributed by atoms with E-state index in [1.807, 2.05) is 23.9 Å². The van der Waals surface area contributed by atoms with Gasteiger partial charge in [0, 0.05) is 23.4 Å². The summed E-state index contributed by atoms with van der Waals surface area (Å²) in [5.74, 6) is 1.55. The fraction of sp³-hybridized carbons (Fsp3) is 0.500. The number of anilines is 1. The van der Waals surface area contributed by atoms with Crippen LogP contribution in [0.2, 0.25) is 0 Å².